The highest BCUT2D eigenvalue weighted by Crippen LogP contribution is 2.46. The molecule has 4 aliphatic rings. The molecule has 3 saturated heterocycles. The van der Waals surface area contributed by atoms with Gasteiger partial charge in [0, 0.05) is 38.6 Å². The first-order valence-corrected chi connectivity index (χ1v) is 12.8. The van der Waals surface area contributed by atoms with E-state index in [0.29, 0.717) is 34.5 Å². The standard InChI is InChI=1S/C26H26F3N3O3S/c1-33-19-5-3-17(22(12-19)34-2)13-32-24(30-35-25(32)15-31-9-7-18(25)8-10-31)16-4-6-20-21(26(27,28)29)14-36-23(20)11-16/h3-6,11-12,14,18H,7-10,13,15H2,1-2H3. The Bertz CT molecular complexity index is 1330. The zero-order valence-electron chi connectivity index (χ0n) is 20.0. The van der Waals surface area contributed by atoms with Crippen LogP contribution >= 0.6 is 11.3 Å². The van der Waals surface area contributed by atoms with Gasteiger partial charge in [-0.2, -0.15) is 13.2 Å². The van der Waals surface area contributed by atoms with Crippen LogP contribution in [0.2, 0.25) is 0 Å². The molecule has 1 atom stereocenters. The topological polar surface area (TPSA) is 46.5 Å². The third kappa shape index (κ3) is 3.69. The maximum atomic E-state index is 13.4. The van der Waals surface area contributed by atoms with Crippen LogP contribution in [0.1, 0.15) is 29.5 Å². The Kier molecular flexibility index (Phi) is 5.56. The predicted molar refractivity (Wildman–Crippen MR) is 131 cm³/mol. The Labute approximate surface area is 210 Å². The van der Waals surface area contributed by atoms with Gasteiger partial charge in [-0.25, -0.2) is 0 Å². The van der Waals surface area contributed by atoms with Gasteiger partial charge in [-0.1, -0.05) is 17.3 Å². The number of fused-ring (bicyclic) bond motifs is 3. The van der Waals surface area contributed by atoms with Crippen LogP contribution < -0.4 is 9.47 Å². The molecule has 2 bridgehead atoms. The van der Waals surface area contributed by atoms with Gasteiger partial charge in [-0.15, -0.1) is 11.3 Å². The zero-order valence-corrected chi connectivity index (χ0v) is 20.8. The smallest absolute Gasteiger partial charge is 0.417 e. The van der Waals surface area contributed by atoms with E-state index < -0.39 is 17.5 Å². The summed E-state index contributed by atoms with van der Waals surface area (Å²) in [5, 5.41) is 5.95. The number of halogens is 3. The minimum absolute atomic E-state index is 0.205. The number of piperidine rings is 3. The van der Waals surface area contributed by atoms with Crippen molar-refractivity contribution in [3.63, 3.8) is 0 Å². The summed E-state index contributed by atoms with van der Waals surface area (Å²) in [6.45, 7) is 3.27. The third-order valence-electron chi connectivity index (χ3n) is 7.64. The predicted octanol–water partition coefficient (Wildman–Crippen LogP) is 5.55. The summed E-state index contributed by atoms with van der Waals surface area (Å²) in [7, 11) is 3.24. The van der Waals surface area contributed by atoms with Gasteiger partial charge in [0.2, 0.25) is 5.72 Å². The second-order valence-electron chi connectivity index (χ2n) is 9.52. The van der Waals surface area contributed by atoms with Crippen molar-refractivity contribution < 1.29 is 27.5 Å². The molecule has 7 rings (SSSR count). The van der Waals surface area contributed by atoms with Crippen molar-refractivity contribution in [1.82, 2.24) is 9.80 Å². The Morgan fingerprint density at radius 3 is 2.58 bits per heavy atom. The molecule has 6 nitrogen and oxygen atoms in total. The van der Waals surface area contributed by atoms with Crippen LogP contribution in [0.5, 0.6) is 11.5 Å². The number of rotatable bonds is 5. The first-order chi connectivity index (χ1) is 17.3. The SMILES string of the molecule is COc1ccc(CN2C(c3ccc4c(C(F)(F)F)csc4c3)=NOC23CN2CCC3CC2)c(OC)c1. The van der Waals surface area contributed by atoms with Gasteiger partial charge in [0.1, 0.15) is 11.5 Å². The Balaban J connectivity index is 1.41. The molecule has 0 saturated carbocycles. The van der Waals surface area contributed by atoms with Gasteiger partial charge in [-0.05, 0) is 44.1 Å². The molecule has 2 aromatic carbocycles. The molecule has 1 spiro atoms. The maximum absolute atomic E-state index is 13.4. The lowest BCUT2D eigenvalue weighted by Crippen LogP contribution is -2.66. The lowest BCUT2D eigenvalue weighted by molar-refractivity contribution is -0.198. The fourth-order valence-corrected chi connectivity index (χ4v) is 6.76. The molecule has 0 radical (unpaired) electrons. The van der Waals surface area contributed by atoms with Crippen LogP contribution in [0.15, 0.2) is 46.9 Å². The molecule has 5 heterocycles. The molecule has 1 aromatic heterocycles. The molecule has 36 heavy (non-hydrogen) atoms. The van der Waals surface area contributed by atoms with Crippen LogP contribution in [-0.2, 0) is 17.6 Å². The van der Waals surface area contributed by atoms with Crippen LogP contribution in [0, 0.1) is 5.92 Å². The van der Waals surface area contributed by atoms with Crippen molar-refractivity contribution in [2.45, 2.75) is 31.3 Å². The van der Waals surface area contributed by atoms with E-state index in [1.54, 1.807) is 32.4 Å². The number of oxime groups is 1. The molecular formula is C26H26F3N3O3S. The van der Waals surface area contributed by atoms with E-state index in [1.165, 1.54) is 5.38 Å². The van der Waals surface area contributed by atoms with Crippen LogP contribution in [0.4, 0.5) is 13.2 Å². The zero-order chi connectivity index (χ0) is 25.1. The highest BCUT2D eigenvalue weighted by molar-refractivity contribution is 7.17. The number of methoxy groups -OCH3 is 2. The lowest BCUT2D eigenvalue weighted by Gasteiger charge is -2.53. The number of thiophene rings is 1. The van der Waals surface area contributed by atoms with E-state index >= 15 is 0 Å². The van der Waals surface area contributed by atoms with Crippen LogP contribution in [0.3, 0.4) is 0 Å². The molecule has 3 aromatic rings. The summed E-state index contributed by atoms with van der Waals surface area (Å²) in [4.78, 5) is 10.9. The van der Waals surface area contributed by atoms with Gasteiger partial charge in [-0.3, -0.25) is 4.90 Å². The Hall–Kier alpha value is -2.98. The van der Waals surface area contributed by atoms with E-state index in [9.17, 15) is 13.2 Å². The van der Waals surface area contributed by atoms with Gasteiger partial charge in [0.15, 0.2) is 5.84 Å². The molecule has 190 valence electrons. The lowest BCUT2D eigenvalue weighted by atomic mass is 9.79. The molecule has 10 heteroatoms. The number of amidine groups is 1. The molecule has 0 aliphatic carbocycles. The van der Waals surface area contributed by atoms with Crippen molar-refractivity contribution in [3.8, 4) is 11.5 Å². The van der Waals surface area contributed by atoms with Crippen molar-refractivity contribution >= 4 is 27.3 Å². The average Bonchev–Trinajstić information content (AvgIpc) is 3.46. The Morgan fingerprint density at radius 2 is 1.92 bits per heavy atom. The average molecular weight is 518 g/mol. The van der Waals surface area contributed by atoms with Crippen molar-refractivity contribution in [1.29, 1.82) is 0 Å². The second-order valence-corrected chi connectivity index (χ2v) is 10.4. The number of hydrogen-bond donors (Lipinski definition) is 0. The van der Waals surface area contributed by atoms with Crippen LogP contribution in [-0.4, -0.2) is 55.2 Å². The Morgan fingerprint density at radius 1 is 1.11 bits per heavy atom. The molecule has 0 N–H and O–H groups in total. The number of ether oxygens (including phenoxy) is 2. The number of hydrogen-bond acceptors (Lipinski definition) is 7. The van der Waals surface area contributed by atoms with Crippen molar-refractivity contribution in [3.05, 3.63) is 58.5 Å². The van der Waals surface area contributed by atoms with E-state index in [2.05, 4.69) is 15.0 Å². The highest BCUT2D eigenvalue weighted by atomic mass is 32.1. The molecular weight excluding hydrogens is 491 g/mol. The summed E-state index contributed by atoms with van der Waals surface area (Å²) >= 11 is 1.09. The molecule has 1 unspecified atom stereocenters. The fraction of sp³-hybridized carbons (Fsp3) is 0.423. The normalized spacial score (nSPS) is 25.4. The molecule has 3 fully saturated rings. The highest BCUT2D eigenvalue weighted by Gasteiger charge is 2.57. The van der Waals surface area contributed by atoms with Crippen molar-refractivity contribution in [2.24, 2.45) is 11.1 Å². The van der Waals surface area contributed by atoms with Gasteiger partial charge >= 0.3 is 6.18 Å². The van der Waals surface area contributed by atoms with E-state index in [0.717, 1.165) is 54.9 Å². The number of benzene rings is 2. The van der Waals surface area contributed by atoms with Gasteiger partial charge in [0.25, 0.3) is 0 Å². The van der Waals surface area contributed by atoms with Gasteiger partial charge in [0.05, 0.1) is 32.9 Å². The minimum atomic E-state index is -4.38. The quantitative estimate of drug-likeness (QED) is 0.444. The summed E-state index contributed by atoms with van der Waals surface area (Å²) in [6.07, 6.45) is -2.36. The molecule has 4 aliphatic heterocycles. The minimum Gasteiger partial charge on any atom is -0.497 e. The number of nitrogens with zero attached hydrogens (tertiary/aromatic N) is 3. The van der Waals surface area contributed by atoms with Crippen molar-refractivity contribution in [2.75, 3.05) is 33.9 Å². The van der Waals surface area contributed by atoms with Gasteiger partial charge < -0.3 is 19.2 Å². The summed E-state index contributed by atoms with van der Waals surface area (Å²) < 4.78 is 51.9. The van der Waals surface area contributed by atoms with Crippen LogP contribution in [0.25, 0.3) is 10.1 Å². The van der Waals surface area contributed by atoms with E-state index in [4.69, 9.17) is 14.3 Å². The monoisotopic (exact) mass is 517 g/mol. The maximum Gasteiger partial charge on any atom is 0.417 e. The first kappa shape index (κ1) is 23.4. The largest absolute Gasteiger partial charge is 0.497 e. The van der Waals surface area contributed by atoms with E-state index in [-0.39, 0.29) is 5.39 Å². The third-order valence-corrected chi connectivity index (χ3v) is 8.59. The summed E-state index contributed by atoms with van der Waals surface area (Å²) in [6, 6.07) is 10.8. The summed E-state index contributed by atoms with van der Waals surface area (Å²) in [5.41, 5.74) is 0.452. The second kappa shape index (κ2) is 8.55. The molecule has 0 amide bonds. The fourth-order valence-electron chi connectivity index (χ4n) is 5.76. The van der Waals surface area contributed by atoms with E-state index in [1.807, 2.05) is 18.2 Å². The summed E-state index contributed by atoms with van der Waals surface area (Å²) in [5.74, 6) is 2.32. The first-order valence-electron chi connectivity index (χ1n) is 11.9. The number of alkyl halides is 3.